The molecule has 5 nitrogen and oxygen atoms in total. The first-order valence-corrected chi connectivity index (χ1v) is 7.90. The molecule has 0 radical (unpaired) electrons. The molecule has 1 aromatic rings. The van der Waals surface area contributed by atoms with Crippen LogP contribution in [0.3, 0.4) is 0 Å². The van der Waals surface area contributed by atoms with E-state index in [0.717, 1.165) is 32.5 Å². The Morgan fingerprint density at radius 1 is 1.60 bits per heavy atom. The second-order valence-corrected chi connectivity index (χ2v) is 7.61. The van der Waals surface area contributed by atoms with Crippen molar-refractivity contribution < 1.29 is 4.79 Å². The molecule has 0 saturated carbocycles. The summed E-state index contributed by atoms with van der Waals surface area (Å²) in [6.07, 6.45) is 4.02. The van der Waals surface area contributed by atoms with Gasteiger partial charge in [-0.15, -0.1) is 11.3 Å². The molecule has 2 rings (SSSR count). The lowest BCUT2D eigenvalue weighted by atomic mass is 9.94. The van der Waals surface area contributed by atoms with E-state index in [0.29, 0.717) is 5.13 Å². The number of nitrogens with two attached hydrogens (primary N) is 1. The van der Waals surface area contributed by atoms with Gasteiger partial charge in [0, 0.05) is 35.6 Å². The number of hydrogen-bond donors (Lipinski definition) is 2. The van der Waals surface area contributed by atoms with Crippen LogP contribution in [0.2, 0.25) is 0 Å². The van der Waals surface area contributed by atoms with Gasteiger partial charge < -0.3 is 11.1 Å². The number of anilines is 1. The SMILES string of the molecule is CC(C)(C)C(=O)NC1CCCN(Cc2cnc(N)s2)C1. The van der Waals surface area contributed by atoms with Gasteiger partial charge in [0.15, 0.2) is 5.13 Å². The predicted molar refractivity (Wildman–Crippen MR) is 82.4 cm³/mol. The lowest BCUT2D eigenvalue weighted by Crippen LogP contribution is -2.50. The number of nitrogens with zero attached hydrogens (tertiary/aromatic N) is 2. The van der Waals surface area contributed by atoms with Crippen molar-refractivity contribution in [3.05, 3.63) is 11.1 Å². The minimum absolute atomic E-state index is 0.131. The number of piperidine rings is 1. The topological polar surface area (TPSA) is 71.2 Å². The van der Waals surface area contributed by atoms with E-state index in [9.17, 15) is 4.79 Å². The van der Waals surface area contributed by atoms with E-state index in [1.54, 1.807) is 0 Å². The monoisotopic (exact) mass is 296 g/mol. The maximum Gasteiger partial charge on any atom is 0.225 e. The van der Waals surface area contributed by atoms with Crippen LogP contribution in [0, 0.1) is 5.41 Å². The number of thiazole rings is 1. The summed E-state index contributed by atoms with van der Waals surface area (Å²) in [5, 5.41) is 3.78. The Morgan fingerprint density at radius 2 is 2.35 bits per heavy atom. The van der Waals surface area contributed by atoms with Crippen molar-refractivity contribution in [2.24, 2.45) is 5.41 Å². The van der Waals surface area contributed by atoms with Crippen molar-refractivity contribution in [3.8, 4) is 0 Å². The van der Waals surface area contributed by atoms with Crippen molar-refractivity contribution in [1.82, 2.24) is 15.2 Å². The third-order valence-electron chi connectivity index (χ3n) is 3.47. The number of carbonyl (C=O) groups excluding carboxylic acids is 1. The minimum atomic E-state index is -0.325. The lowest BCUT2D eigenvalue weighted by molar-refractivity contribution is -0.129. The van der Waals surface area contributed by atoms with Gasteiger partial charge in [-0.1, -0.05) is 20.8 Å². The molecule has 1 amide bonds. The maximum atomic E-state index is 12.0. The third kappa shape index (κ3) is 4.18. The molecule has 0 bridgehead atoms. The molecule has 6 heteroatoms. The van der Waals surface area contributed by atoms with Gasteiger partial charge in [0.05, 0.1) is 0 Å². The number of carbonyl (C=O) groups is 1. The molecule has 1 aromatic heterocycles. The van der Waals surface area contributed by atoms with Crippen LogP contribution in [0.1, 0.15) is 38.5 Å². The van der Waals surface area contributed by atoms with Gasteiger partial charge >= 0.3 is 0 Å². The smallest absolute Gasteiger partial charge is 0.225 e. The van der Waals surface area contributed by atoms with Crippen molar-refractivity contribution in [3.63, 3.8) is 0 Å². The number of hydrogen-bond acceptors (Lipinski definition) is 5. The zero-order valence-corrected chi connectivity index (χ0v) is 13.3. The standard InChI is InChI=1S/C14H24N4OS/c1-14(2,3)12(19)17-10-5-4-6-18(8-10)9-11-7-16-13(15)20-11/h7,10H,4-6,8-9H2,1-3H3,(H2,15,16)(H,17,19). The molecule has 20 heavy (non-hydrogen) atoms. The average Bonchev–Trinajstić information content (AvgIpc) is 2.74. The van der Waals surface area contributed by atoms with Crippen molar-refractivity contribution in [2.75, 3.05) is 18.8 Å². The fraction of sp³-hybridized carbons (Fsp3) is 0.714. The number of nitrogens with one attached hydrogen (secondary N) is 1. The van der Waals surface area contributed by atoms with Gasteiger partial charge in [0.2, 0.25) is 5.91 Å². The number of amides is 1. The van der Waals surface area contributed by atoms with Crippen LogP contribution in [-0.4, -0.2) is 34.9 Å². The summed E-state index contributed by atoms with van der Waals surface area (Å²) in [5.74, 6) is 0.131. The molecule has 0 aromatic carbocycles. The summed E-state index contributed by atoms with van der Waals surface area (Å²) in [7, 11) is 0. The van der Waals surface area contributed by atoms with Crippen LogP contribution >= 0.6 is 11.3 Å². The van der Waals surface area contributed by atoms with E-state index in [4.69, 9.17) is 5.73 Å². The number of rotatable bonds is 3. The highest BCUT2D eigenvalue weighted by Crippen LogP contribution is 2.20. The minimum Gasteiger partial charge on any atom is -0.375 e. The Hall–Kier alpha value is -1.14. The fourth-order valence-corrected chi connectivity index (χ4v) is 3.06. The van der Waals surface area contributed by atoms with Crippen LogP contribution in [0.15, 0.2) is 6.20 Å². The molecule has 0 spiro atoms. The zero-order valence-electron chi connectivity index (χ0n) is 12.5. The molecule has 0 aliphatic carbocycles. The van der Waals surface area contributed by atoms with E-state index in [1.165, 1.54) is 16.2 Å². The van der Waals surface area contributed by atoms with E-state index in [-0.39, 0.29) is 17.4 Å². The Bertz CT molecular complexity index is 466. The molecule has 3 N–H and O–H groups in total. The first-order valence-electron chi connectivity index (χ1n) is 7.08. The van der Waals surface area contributed by atoms with E-state index < -0.39 is 0 Å². The second-order valence-electron chi connectivity index (χ2n) is 6.46. The van der Waals surface area contributed by atoms with Crippen LogP contribution in [0.25, 0.3) is 0 Å². The third-order valence-corrected chi connectivity index (χ3v) is 4.28. The van der Waals surface area contributed by atoms with Crippen molar-refractivity contribution in [2.45, 2.75) is 46.2 Å². The Labute approximate surface area is 124 Å². The molecule has 1 aliphatic heterocycles. The normalized spacial score (nSPS) is 20.9. The number of aromatic nitrogens is 1. The van der Waals surface area contributed by atoms with Gasteiger partial charge in [-0.3, -0.25) is 9.69 Å². The highest BCUT2D eigenvalue weighted by molar-refractivity contribution is 7.15. The van der Waals surface area contributed by atoms with Gasteiger partial charge in [-0.05, 0) is 19.4 Å². The Balaban J connectivity index is 1.87. The Kier molecular flexibility index (Phi) is 4.65. The summed E-state index contributed by atoms with van der Waals surface area (Å²) in [6, 6.07) is 0.251. The number of nitrogen functional groups attached to an aromatic ring is 1. The van der Waals surface area contributed by atoms with E-state index in [1.807, 2.05) is 27.0 Å². The summed E-state index contributed by atoms with van der Waals surface area (Å²) in [5.41, 5.74) is 5.33. The molecule has 1 unspecified atom stereocenters. The van der Waals surface area contributed by atoms with Gasteiger partial charge in [0.1, 0.15) is 0 Å². The first kappa shape index (κ1) is 15.3. The summed E-state index contributed by atoms with van der Waals surface area (Å²) < 4.78 is 0. The maximum absolute atomic E-state index is 12.0. The quantitative estimate of drug-likeness (QED) is 0.893. The van der Waals surface area contributed by atoms with Gasteiger partial charge in [-0.25, -0.2) is 4.98 Å². The Morgan fingerprint density at radius 3 is 2.95 bits per heavy atom. The van der Waals surface area contributed by atoms with Crippen LogP contribution < -0.4 is 11.1 Å². The number of likely N-dealkylation sites (tertiary alicyclic amines) is 1. The average molecular weight is 296 g/mol. The lowest BCUT2D eigenvalue weighted by Gasteiger charge is -2.34. The molecule has 2 heterocycles. The fourth-order valence-electron chi connectivity index (χ4n) is 2.33. The van der Waals surface area contributed by atoms with Crippen LogP contribution in [-0.2, 0) is 11.3 Å². The van der Waals surface area contributed by atoms with Crippen molar-refractivity contribution >= 4 is 22.4 Å². The first-order chi connectivity index (χ1) is 9.34. The van der Waals surface area contributed by atoms with Gasteiger partial charge in [-0.2, -0.15) is 0 Å². The summed E-state index contributed by atoms with van der Waals surface area (Å²) in [6.45, 7) is 8.69. The highest BCUT2D eigenvalue weighted by atomic mass is 32.1. The molecular weight excluding hydrogens is 272 g/mol. The molecule has 112 valence electrons. The highest BCUT2D eigenvalue weighted by Gasteiger charge is 2.27. The second kappa shape index (κ2) is 6.10. The predicted octanol–water partition coefficient (Wildman–Crippen LogP) is 1.85. The van der Waals surface area contributed by atoms with Crippen LogP contribution in [0.4, 0.5) is 5.13 Å². The molecule has 1 saturated heterocycles. The van der Waals surface area contributed by atoms with Gasteiger partial charge in [0.25, 0.3) is 0 Å². The van der Waals surface area contributed by atoms with E-state index in [2.05, 4.69) is 15.2 Å². The molecular formula is C14H24N4OS. The van der Waals surface area contributed by atoms with Crippen molar-refractivity contribution in [1.29, 1.82) is 0 Å². The molecule has 1 atom stereocenters. The summed E-state index contributed by atoms with van der Waals surface area (Å²) >= 11 is 1.54. The largest absolute Gasteiger partial charge is 0.375 e. The summed E-state index contributed by atoms with van der Waals surface area (Å²) in [4.78, 5) is 19.7. The molecule has 1 fully saturated rings. The zero-order chi connectivity index (χ0) is 14.8. The molecule has 1 aliphatic rings. The van der Waals surface area contributed by atoms with Crippen LogP contribution in [0.5, 0.6) is 0 Å². The van der Waals surface area contributed by atoms with E-state index >= 15 is 0 Å².